The minimum Gasteiger partial charge on any atom is -0.288 e. The molecular formula is C30H30N2O2. The fourth-order valence-corrected chi connectivity index (χ4v) is 4.44. The molecule has 1 amide bonds. The molecule has 4 aromatic rings. The molecular weight excluding hydrogens is 420 g/mol. The maximum absolute atomic E-state index is 13.6. The first-order valence-corrected chi connectivity index (χ1v) is 11.4. The number of amides is 1. The zero-order valence-electron chi connectivity index (χ0n) is 19.6. The standard InChI is InChI=1S/C30H30N2O2/c1-32(34-2)29(33)28(23-24-15-7-3-8-16-24)31-30(25-17-9-4-10-18-25,26-19-11-5-12-20-26)27-21-13-6-14-22-27/h3-22,28,31H,23H2,1-2H3/t28-/m0/s1. The topological polar surface area (TPSA) is 41.6 Å². The summed E-state index contributed by atoms with van der Waals surface area (Å²) in [6.45, 7) is 0. The summed E-state index contributed by atoms with van der Waals surface area (Å²) in [5.74, 6) is -0.140. The van der Waals surface area contributed by atoms with Crippen LogP contribution in [0.5, 0.6) is 0 Å². The van der Waals surface area contributed by atoms with Crippen LogP contribution in [0.2, 0.25) is 0 Å². The second-order valence-electron chi connectivity index (χ2n) is 8.25. The van der Waals surface area contributed by atoms with E-state index in [1.807, 2.05) is 84.9 Å². The molecule has 1 N–H and O–H groups in total. The second kappa shape index (κ2) is 10.9. The maximum atomic E-state index is 13.6. The molecule has 0 aliphatic rings. The number of nitrogens with one attached hydrogen (secondary N) is 1. The molecule has 4 nitrogen and oxygen atoms in total. The molecule has 4 aromatic carbocycles. The van der Waals surface area contributed by atoms with Gasteiger partial charge < -0.3 is 0 Å². The van der Waals surface area contributed by atoms with Gasteiger partial charge in [-0.15, -0.1) is 0 Å². The van der Waals surface area contributed by atoms with E-state index in [1.165, 1.54) is 12.2 Å². The first-order chi connectivity index (χ1) is 16.6. The minimum atomic E-state index is -0.756. The van der Waals surface area contributed by atoms with Crippen LogP contribution < -0.4 is 5.32 Å². The second-order valence-corrected chi connectivity index (χ2v) is 8.25. The van der Waals surface area contributed by atoms with Gasteiger partial charge in [-0.05, 0) is 28.7 Å². The predicted octanol–water partition coefficient (Wildman–Crippen LogP) is 5.20. The van der Waals surface area contributed by atoms with Crippen molar-refractivity contribution in [1.29, 1.82) is 0 Å². The lowest BCUT2D eigenvalue weighted by Crippen LogP contribution is -2.56. The number of likely N-dealkylation sites (N-methyl/N-ethyl adjacent to an activating group) is 1. The van der Waals surface area contributed by atoms with Gasteiger partial charge in [0.15, 0.2) is 0 Å². The smallest absolute Gasteiger partial charge is 0.263 e. The van der Waals surface area contributed by atoms with E-state index >= 15 is 0 Å². The summed E-state index contributed by atoms with van der Waals surface area (Å²) in [5.41, 5.74) is 3.48. The third-order valence-electron chi connectivity index (χ3n) is 6.18. The maximum Gasteiger partial charge on any atom is 0.263 e. The Hall–Kier alpha value is -3.73. The van der Waals surface area contributed by atoms with Crippen LogP contribution in [0, 0.1) is 0 Å². The molecule has 0 aromatic heterocycles. The van der Waals surface area contributed by atoms with Gasteiger partial charge in [0, 0.05) is 7.05 Å². The van der Waals surface area contributed by atoms with Gasteiger partial charge >= 0.3 is 0 Å². The molecule has 0 saturated heterocycles. The summed E-state index contributed by atoms with van der Waals surface area (Å²) in [6.07, 6.45) is 0.516. The van der Waals surface area contributed by atoms with E-state index in [-0.39, 0.29) is 5.91 Å². The van der Waals surface area contributed by atoms with Gasteiger partial charge in [-0.25, -0.2) is 5.06 Å². The van der Waals surface area contributed by atoms with Gasteiger partial charge in [0.2, 0.25) is 0 Å². The highest BCUT2D eigenvalue weighted by Crippen LogP contribution is 2.37. The van der Waals surface area contributed by atoms with Crippen molar-refractivity contribution in [3.05, 3.63) is 144 Å². The molecule has 172 valence electrons. The van der Waals surface area contributed by atoms with Crippen molar-refractivity contribution in [3.8, 4) is 0 Å². The highest BCUT2D eigenvalue weighted by atomic mass is 16.7. The first-order valence-electron chi connectivity index (χ1n) is 11.4. The van der Waals surface area contributed by atoms with Crippen LogP contribution in [0.15, 0.2) is 121 Å². The largest absolute Gasteiger partial charge is 0.288 e. The van der Waals surface area contributed by atoms with E-state index in [0.717, 1.165) is 22.3 Å². The Morgan fingerprint density at radius 1 is 0.735 bits per heavy atom. The van der Waals surface area contributed by atoms with Crippen LogP contribution >= 0.6 is 0 Å². The molecule has 0 unspecified atom stereocenters. The number of benzene rings is 4. The number of rotatable bonds is 9. The lowest BCUT2D eigenvalue weighted by atomic mass is 9.76. The van der Waals surface area contributed by atoms with Gasteiger partial charge in [0.25, 0.3) is 5.91 Å². The molecule has 0 saturated carbocycles. The first kappa shape index (κ1) is 23.4. The van der Waals surface area contributed by atoms with Crippen molar-refractivity contribution >= 4 is 5.91 Å². The van der Waals surface area contributed by atoms with Gasteiger partial charge in [0.05, 0.1) is 18.7 Å². The van der Waals surface area contributed by atoms with Crippen molar-refractivity contribution in [1.82, 2.24) is 10.4 Å². The number of nitrogens with zero attached hydrogens (tertiary/aromatic N) is 1. The minimum absolute atomic E-state index is 0.140. The SMILES string of the molecule is CON(C)C(=O)[C@H](Cc1ccccc1)NC(c1ccccc1)(c1ccccc1)c1ccccc1. The molecule has 0 radical (unpaired) electrons. The average Bonchev–Trinajstić information content (AvgIpc) is 2.92. The van der Waals surface area contributed by atoms with E-state index in [2.05, 4.69) is 41.7 Å². The van der Waals surface area contributed by atoms with Crippen LogP contribution in [-0.2, 0) is 21.6 Å². The molecule has 0 bridgehead atoms. The molecule has 4 rings (SSSR count). The zero-order valence-corrected chi connectivity index (χ0v) is 19.6. The van der Waals surface area contributed by atoms with Gasteiger partial charge in [-0.1, -0.05) is 121 Å². The number of hydroxylamine groups is 2. The lowest BCUT2D eigenvalue weighted by Gasteiger charge is -2.40. The molecule has 34 heavy (non-hydrogen) atoms. The van der Waals surface area contributed by atoms with E-state index < -0.39 is 11.6 Å². The van der Waals surface area contributed by atoms with Crippen molar-refractivity contribution in [2.45, 2.75) is 18.0 Å². The summed E-state index contributed by atoms with van der Waals surface area (Å²) in [5, 5.41) is 5.11. The summed E-state index contributed by atoms with van der Waals surface area (Å²) in [6, 6.07) is 40.4. The summed E-state index contributed by atoms with van der Waals surface area (Å²) < 4.78 is 0. The number of carbonyl (C=O) groups is 1. The van der Waals surface area contributed by atoms with Crippen LogP contribution in [0.4, 0.5) is 0 Å². The molecule has 0 aliphatic heterocycles. The van der Waals surface area contributed by atoms with Crippen LogP contribution in [-0.4, -0.2) is 31.2 Å². The Morgan fingerprint density at radius 3 is 1.50 bits per heavy atom. The van der Waals surface area contributed by atoms with E-state index in [0.29, 0.717) is 6.42 Å². The van der Waals surface area contributed by atoms with Gasteiger partial charge in [-0.2, -0.15) is 0 Å². The van der Waals surface area contributed by atoms with Crippen molar-refractivity contribution in [3.63, 3.8) is 0 Å². The Kier molecular flexibility index (Phi) is 7.53. The molecule has 0 aliphatic carbocycles. The Labute approximate surface area is 201 Å². The highest BCUT2D eigenvalue weighted by molar-refractivity contribution is 5.81. The molecule has 4 heteroatoms. The fraction of sp³-hybridized carbons (Fsp3) is 0.167. The van der Waals surface area contributed by atoms with Gasteiger partial charge in [0.1, 0.15) is 0 Å². The Morgan fingerprint density at radius 2 is 1.12 bits per heavy atom. The van der Waals surface area contributed by atoms with E-state index in [9.17, 15) is 4.79 Å². The highest BCUT2D eigenvalue weighted by Gasteiger charge is 2.40. The fourth-order valence-electron chi connectivity index (χ4n) is 4.44. The molecule has 0 fully saturated rings. The average molecular weight is 451 g/mol. The summed E-state index contributed by atoms with van der Waals surface area (Å²) >= 11 is 0. The van der Waals surface area contributed by atoms with Crippen molar-refractivity contribution in [2.75, 3.05) is 14.2 Å². The van der Waals surface area contributed by atoms with Crippen LogP contribution in [0.1, 0.15) is 22.3 Å². The number of carbonyl (C=O) groups excluding carboxylic acids is 1. The normalized spacial score (nSPS) is 12.2. The third-order valence-corrected chi connectivity index (χ3v) is 6.18. The monoisotopic (exact) mass is 450 g/mol. The van der Waals surface area contributed by atoms with Crippen molar-refractivity contribution in [2.24, 2.45) is 0 Å². The third kappa shape index (κ3) is 4.93. The number of hydrogen-bond donors (Lipinski definition) is 1. The van der Waals surface area contributed by atoms with E-state index in [1.54, 1.807) is 7.05 Å². The van der Waals surface area contributed by atoms with E-state index in [4.69, 9.17) is 4.84 Å². The Bertz CT molecular complexity index is 1070. The molecule has 1 atom stereocenters. The number of hydrogen-bond acceptors (Lipinski definition) is 3. The van der Waals surface area contributed by atoms with Gasteiger partial charge in [-0.3, -0.25) is 14.9 Å². The summed E-state index contributed by atoms with van der Waals surface area (Å²) in [7, 11) is 3.16. The van der Waals surface area contributed by atoms with Crippen LogP contribution in [0.3, 0.4) is 0 Å². The quantitative estimate of drug-likeness (QED) is 0.282. The van der Waals surface area contributed by atoms with Crippen molar-refractivity contribution < 1.29 is 9.63 Å². The summed E-state index contributed by atoms with van der Waals surface area (Å²) in [4.78, 5) is 18.9. The Balaban J connectivity index is 1.91. The lowest BCUT2D eigenvalue weighted by molar-refractivity contribution is -0.171. The molecule has 0 spiro atoms. The zero-order chi connectivity index (χ0) is 23.8. The predicted molar refractivity (Wildman–Crippen MR) is 136 cm³/mol. The van der Waals surface area contributed by atoms with Crippen LogP contribution in [0.25, 0.3) is 0 Å². The molecule has 0 heterocycles.